The van der Waals surface area contributed by atoms with Gasteiger partial charge in [0.25, 0.3) is 0 Å². The van der Waals surface area contributed by atoms with E-state index in [2.05, 4.69) is 0 Å². The van der Waals surface area contributed by atoms with E-state index >= 15 is 0 Å². The summed E-state index contributed by atoms with van der Waals surface area (Å²) < 4.78 is 65.7. The van der Waals surface area contributed by atoms with Crippen LogP contribution in [0.5, 0.6) is 0 Å². The third-order valence-electron chi connectivity index (χ3n) is 0. The Kier molecular flexibility index (Phi) is 17.4. The van der Waals surface area contributed by atoms with Crippen LogP contribution in [0, 0.1) is 0 Å². The van der Waals surface area contributed by atoms with E-state index in [-0.39, 0.29) is 23.2 Å². The molecule has 0 heterocycles. The topological polar surface area (TPSA) is 207 Å². The molecule has 0 bridgehead atoms. The molecular formula is C2H10FeN2O8S2. The molecule has 0 aromatic rings. The summed E-state index contributed by atoms with van der Waals surface area (Å²) in [5, 5.41) is 0. The van der Waals surface area contributed by atoms with Gasteiger partial charge in [-0.1, -0.05) is 0 Å². The maximum Gasteiger partial charge on any atom is 2.00 e. The van der Waals surface area contributed by atoms with E-state index in [1.54, 1.807) is 6.92 Å². The fraction of sp³-hybridized carbons (Fsp3) is 1.00. The molecule has 13 heteroatoms. The van der Waals surface area contributed by atoms with E-state index < -0.39 is 20.8 Å². The fourth-order valence-corrected chi connectivity index (χ4v) is 0. The Labute approximate surface area is 97.7 Å². The van der Waals surface area contributed by atoms with Crippen molar-refractivity contribution in [2.45, 2.75) is 13.1 Å². The molecule has 0 aromatic heterocycles. The van der Waals surface area contributed by atoms with Gasteiger partial charge in [-0.25, -0.2) is 0 Å². The van der Waals surface area contributed by atoms with E-state index in [0.717, 1.165) is 0 Å². The molecule has 0 aliphatic carbocycles. The summed E-state index contributed by atoms with van der Waals surface area (Å²) in [4.78, 5) is 0. The molecule has 0 aliphatic heterocycles. The van der Waals surface area contributed by atoms with Crippen molar-refractivity contribution in [1.29, 1.82) is 0 Å². The summed E-state index contributed by atoms with van der Waals surface area (Å²) in [6, 6.07) is 0. The molecule has 0 amide bonds. The van der Waals surface area contributed by atoms with Crippen molar-refractivity contribution < 1.29 is 52.1 Å². The number of hydrogen-bond acceptors (Lipinski definition) is 8. The Balaban J connectivity index is -0.0000000590. The fourth-order valence-electron chi connectivity index (χ4n) is 0. The third kappa shape index (κ3) is 65300. The van der Waals surface area contributed by atoms with Crippen molar-refractivity contribution >= 4 is 20.8 Å². The first-order valence-electron chi connectivity index (χ1n) is 2.61. The zero-order chi connectivity index (χ0) is 12.6. The largest absolute Gasteiger partial charge is 2.00 e. The Bertz CT molecular complexity index is 259. The summed E-state index contributed by atoms with van der Waals surface area (Å²) in [5.41, 5.74) is 9.78. The molecular weight excluding hydrogens is 300 g/mol. The smallest absolute Gasteiger partial charge is 0.759 e. The molecule has 0 aliphatic rings. The van der Waals surface area contributed by atoms with Crippen LogP contribution in [0.25, 0.3) is 0 Å². The first kappa shape index (κ1) is 24.4. The normalized spacial score (nSPS) is 10.1. The number of rotatable bonds is 0. The second-order valence-corrected chi connectivity index (χ2v) is 3.43. The second kappa shape index (κ2) is 10.7. The molecule has 0 saturated carbocycles. The van der Waals surface area contributed by atoms with Gasteiger partial charge >= 0.3 is 27.5 Å². The van der Waals surface area contributed by atoms with Crippen LogP contribution in [-0.2, 0) is 37.9 Å². The van der Waals surface area contributed by atoms with Crippen LogP contribution in [0.15, 0.2) is 0 Å². The molecule has 0 radical (unpaired) electrons. The van der Waals surface area contributed by atoms with E-state index in [9.17, 15) is 0 Å². The Morgan fingerprint density at radius 3 is 1.07 bits per heavy atom. The maximum absolute atomic E-state index is 8.74. The van der Waals surface area contributed by atoms with Crippen molar-refractivity contribution in [3.63, 3.8) is 0 Å². The molecule has 0 unspecified atom stereocenters. The maximum atomic E-state index is 8.74. The quantitative estimate of drug-likeness (QED) is 0.157. The average Bonchev–Trinajstić information content (AvgIpc) is 1.45. The molecule has 15 heavy (non-hydrogen) atoms. The Hall–Kier alpha value is 0.179. The molecule has 0 atom stereocenters. The van der Waals surface area contributed by atoms with Crippen molar-refractivity contribution in [3.8, 4) is 0 Å². The number of nitrogens with two attached hydrogens (primary N) is 2. The average molecular weight is 310 g/mol. The van der Waals surface area contributed by atoms with Crippen LogP contribution in [0.2, 0.25) is 0 Å². The van der Waals surface area contributed by atoms with E-state index in [1.807, 2.05) is 0 Å². The van der Waals surface area contributed by atoms with Gasteiger partial charge in [-0.3, -0.25) is 17.5 Å². The summed E-state index contributed by atoms with van der Waals surface area (Å²) in [6.07, 6.45) is -0.167. The summed E-state index contributed by atoms with van der Waals surface area (Å²) in [6.45, 7) is 1.72. The van der Waals surface area contributed by atoms with Gasteiger partial charge in [0.05, 0.1) is 0 Å². The van der Waals surface area contributed by atoms with Gasteiger partial charge in [-0.2, -0.15) is 8.42 Å². The van der Waals surface area contributed by atoms with E-state index in [4.69, 9.17) is 46.5 Å². The van der Waals surface area contributed by atoms with E-state index in [0.29, 0.717) is 0 Å². The molecule has 0 aromatic carbocycles. The molecule has 0 fully saturated rings. The predicted octanol–water partition coefficient (Wildman–Crippen LogP) is -2.74. The van der Waals surface area contributed by atoms with Crippen LogP contribution in [0.4, 0.5) is 0 Å². The van der Waals surface area contributed by atoms with Crippen LogP contribution in [0.3, 0.4) is 0 Å². The third-order valence-corrected chi connectivity index (χ3v) is 0. The summed E-state index contributed by atoms with van der Waals surface area (Å²) in [5.74, 6) is 0. The summed E-state index contributed by atoms with van der Waals surface area (Å²) >= 11 is 0. The SMILES string of the molecule is CC(N)N.O=S(=O)(O)O.O=S(=O)([O-])[O-].[Fe+2]. The Morgan fingerprint density at radius 1 is 1.07 bits per heavy atom. The van der Waals surface area contributed by atoms with Crippen LogP contribution < -0.4 is 11.5 Å². The predicted molar refractivity (Wildman–Crippen MR) is 42.5 cm³/mol. The zero-order valence-corrected chi connectivity index (χ0v) is 9.98. The van der Waals surface area contributed by atoms with Crippen molar-refractivity contribution in [2.75, 3.05) is 0 Å². The monoisotopic (exact) mass is 310 g/mol. The molecule has 10 nitrogen and oxygen atoms in total. The molecule has 6 N–H and O–H groups in total. The zero-order valence-electron chi connectivity index (χ0n) is 7.25. The number of hydrogen-bond donors (Lipinski definition) is 4. The molecule has 0 spiro atoms. The molecule has 96 valence electrons. The molecule has 0 rings (SSSR count). The minimum atomic E-state index is -5.17. The van der Waals surface area contributed by atoms with Gasteiger partial charge in [0, 0.05) is 16.6 Å². The van der Waals surface area contributed by atoms with Crippen LogP contribution in [-0.4, -0.2) is 41.2 Å². The van der Waals surface area contributed by atoms with Crippen molar-refractivity contribution in [3.05, 3.63) is 0 Å². The van der Waals surface area contributed by atoms with Gasteiger partial charge in [-0.15, -0.1) is 0 Å². The minimum absolute atomic E-state index is 0. The van der Waals surface area contributed by atoms with Crippen LogP contribution in [0.1, 0.15) is 6.92 Å². The van der Waals surface area contributed by atoms with Crippen molar-refractivity contribution in [2.24, 2.45) is 11.5 Å². The second-order valence-electron chi connectivity index (χ2n) is 1.72. The van der Waals surface area contributed by atoms with Gasteiger partial charge in [0.2, 0.25) is 0 Å². The summed E-state index contributed by atoms with van der Waals surface area (Å²) in [7, 11) is -9.83. The Morgan fingerprint density at radius 2 is 1.07 bits per heavy atom. The van der Waals surface area contributed by atoms with Gasteiger partial charge in [0.1, 0.15) is 0 Å². The first-order valence-corrected chi connectivity index (χ1v) is 5.34. The first-order chi connectivity index (χ1) is 5.73. The van der Waals surface area contributed by atoms with Gasteiger partial charge in [-0.05, 0) is 6.92 Å². The van der Waals surface area contributed by atoms with Gasteiger partial charge in [0.15, 0.2) is 0 Å². The minimum Gasteiger partial charge on any atom is -0.759 e. The van der Waals surface area contributed by atoms with E-state index in [1.165, 1.54) is 0 Å². The van der Waals surface area contributed by atoms with Gasteiger partial charge < -0.3 is 20.6 Å². The van der Waals surface area contributed by atoms with Crippen molar-refractivity contribution in [1.82, 2.24) is 0 Å². The van der Waals surface area contributed by atoms with Crippen LogP contribution >= 0.6 is 0 Å². The molecule has 0 saturated heterocycles. The standard InChI is InChI=1S/C2H8N2.Fe.2H2O4S/c1-2(3)4;;2*1-5(2,3)4/h2H,3-4H2,1H3;;2*(H2,1,2,3,4)/q;+2;;/p-2.